The molecule has 0 bridgehead atoms. The lowest BCUT2D eigenvalue weighted by Crippen LogP contribution is -2.30. The van der Waals surface area contributed by atoms with E-state index in [1.165, 1.54) is 5.56 Å². The average molecular weight is 324 g/mol. The summed E-state index contributed by atoms with van der Waals surface area (Å²) in [6.45, 7) is 5.99. The number of nitrogens with one attached hydrogen (secondary N) is 1. The van der Waals surface area contributed by atoms with Gasteiger partial charge < -0.3 is 5.32 Å². The summed E-state index contributed by atoms with van der Waals surface area (Å²) in [7, 11) is 2.17. The number of aryl methyl sites for hydroxylation is 1. The molecule has 1 unspecified atom stereocenters. The van der Waals surface area contributed by atoms with Gasteiger partial charge in [0.2, 0.25) is 0 Å². The van der Waals surface area contributed by atoms with E-state index >= 15 is 0 Å². The van der Waals surface area contributed by atoms with Crippen molar-refractivity contribution in [3.05, 3.63) is 53.9 Å². The third-order valence-corrected chi connectivity index (χ3v) is 4.31. The summed E-state index contributed by atoms with van der Waals surface area (Å²) in [5, 5.41) is 16.0. The maximum absolute atomic E-state index is 4.51. The van der Waals surface area contributed by atoms with Crippen molar-refractivity contribution in [2.75, 3.05) is 18.9 Å². The van der Waals surface area contributed by atoms with Crippen LogP contribution in [0.3, 0.4) is 0 Å². The second-order valence-electron chi connectivity index (χ2n) is 6.20. The Balaban J connectivity index is 1.50. The van der Waals surface area contributed by atoms with E-state index in [4.69, 9.17) is 0 Å². The molecule has 2 aromatic heterocycles. The van der Waals surface area contributed by atoms with Gasteiger partial charge in [-0.3, -0.25) is 4.90 Å². The summed E-state index contributed by atoms with van der Waals surface area (Å²) in [6.07, 6.45) is 1.05. The number of aromatic nitrogens is 4. The third kappa shape index (κ3) is 3.89. The van der Waals surface area contributed by atoms with Gasteiger partial charge in [-0.05, 0) is 45.0 Å². The van der Waals surface area contributed by atoms with Crippen LogP contribution in [0.25, 0.3) is 5.65 Å². The Bertz CT molecular complexity index is 783. The first-order valence-corrected chi connectivity index (χ1v) is 8.30. The first-order valence-electron chi connectivity index (χ1n) is 8.30. The Hall–Kier alpha value is -2.47. The lowest BCUT2D eigenvalue weighted by Gasteiger charge is -2.25. The molecule has 0 saturated heterocycles. The monoisotopic (exact) mass is 324 g/mol. The number of nitrogens with zero attached hydrogens (tertiary/aromatic N) is 5. The van der Waals surface area contributed by atoms with E-state index in [0.29, 0.717) is 6.04 Å². The average Bonchev–Trinajstić information content (AvgIpc) is 2.96. The fourth-order valence-corrected chi connectivity index (χ4v) is 2.65. The molecule has 0 aliphatic carbocycles. The zero-order valence-corrected chi connectivity index (χ0v) is 14.5. The van der Waals surface area contributed by atoms with Crippen molar-refractivity contribution in [2.24, 2.45) is 0 Å². The summed E-state index contributed by atoms with van der Waals surface area (Å²) in [5.74, 6) is 1.65. The van der Waals surface area contributed by atoms with Crippen LogP contribution in [-0.2, 0) is 6.54 Å². The number of fused-ring (bicyclic) bond motifs is 1. The molecule has 0 radical (unpaired) electrons. The molecule has 6 nitrogen and oxygen atoms in total. The topological polar surface area (TPSA) is 58.4 Å². The van der Waals surface area contributed by atoms with Crippen LogP contribution in [0.1, 0.15) is 24.7 Å². The number of benzene rings is 1. The van der Waals surface area contributed by atoms with Crippen molar-refractivity contribution in [2.45, 2.75) is 32.9 Å². The van der Waals surface area contributed by atoms with Gasteiger partial charge in [-0.25, -0.2) is 0 Å². The molecule has 0 aliphatic rings. The second kappa shape index (κ2) is 7.40. The van der Waals surface area contributed by atoms with Crippen molar-refractivity contribution >= 4 is 11.5 Å². The van der Waals surface area contributed by atoms with Gasteiger partial charge in [-0.2, -0.15) is 4.52 Å². The molecule has 24 heavy (non-hydrogen) atoms. The van der Waals surface area contributed by atoms with Crippen LogP contribution >= 0.6 is 0 Å². The summed E-state index contributed by atoms with van der Waals surface area (Å²) in [4.78, 5) is 2.37. The van der Waals surface area contributed by atoms with Crippen LogP contribution in [0.4, 0.5) is 5.82 Å². The fraction of sp³-hybridized carbons (Fsp3) is 0.389. The van der Waals surface area contributed by atoms with Gasteiger partial charge in [0, 0.05) is 19.1 Å². The minimum absolute atomic E-state index is 0.484. The van der Waals surface area contributed by atoms with Crippen LogP contribution in [0.2, 0.25) is 0 Å². The quantitative estimate of drug-likeness (QED) is 0.724. The zero-order valence-electron chi connectivity index (χ0n) is 14.5. The van der Waals surface area contributed by atoms with Gasteiger partial charge in [0.1, 0.15) is 5.82 Å². The molecule has 6 heteroatoms. The van der Waals surface area contributed by atoms with Gasteiger partial charge >= 0.3 is 0 Å². The fourth-order valence-electron chi connectivity index (χ4n) is 2.65. The van der Waals surface area contributed by atoms with E-state index in [1.807, 2.05) is 19.1 Å². The van der Waals surface area contributed by atoms with E-state index in [-0.39, 0.29) is 0 Å². The highest BCUT2D eigenvalue weighted by atomic mass is 15.4. The van der Waals surface area contributed by atoms with Gasteiger partial charge in [-0.1, -0.05) is 30.3 Å². The molecule has 3 aromatic rings. The van der Waals surface area contributed by atoms with Crippen LogP contribution in [0.15, 0.2) is 42.5 Å². The first kappa shape index (κ1) is 16.4. The second-order valence-corrected chi connectivity index (χ2v) is 6.20. The molecule has 0 amide bonds. The highest BCUT2D eigenvalue weighted by molar-refractivity contribution is 5.43. The van der Waals surface area contributed by atoms with Crippen LogP contribution < -0.4 is 5.32 Å². The first-order chi connectivity index (χ1) is 11.6. The largest absolute Gasteiger partial charge is 0.369 e. The van der Waals surface area contributed by atoms with E-state index in [9.17, 15) is 0 Å². The Morgan fingerprint density at radius 1 is 1.12 bits per heavy atom. The number of hydrogen-bond donors (Lipinski definition) is 1. The molecule has 1 atom stereocenters. The predicted molar refractivity (Wildman–Crippen MR) is 96.0 cm³/mol. The molecule has 1 N–H and O–H groups in total. The molecule has 126 valence electrons. The molecule has 1 aromatic carbocycles. The van der Waals surface area contributed by atoms with Crippen LogP contribution in [-0.4, -0.2) is 44.3 Å². The smallest absolute Gasteiger partial charge is 0.178 e. The molecule has 0 saturated carbocycles. The number of rotatable bonds is 7. The number of hydrogen-bond acceptors (Lipinski definition) is 5. The molecule has 0 spiro atoms. The SMILES string of the molecule is Cc1nnc2ccc(NCCC(C)N(C)Cc3ccccc3)nn12. The van der Waals surface area contributed by atoms with Crippen molar-refractivity contribution in [3.8, 4) is 0 Å². The third-order valence-electron chi connectivity index (χ3n) is 4.31. The predicted octanol–water partition coefficient (Wildman–Crippen LogP) is 2.76. The molecule has 0 aliphatic heterocycles. The lowest BCUT2D eigenvalue weighted by molar-refractivity contribution is 0.242. The van der Waals surface area contributed by atoms with Crippen molar-refractivity contribution in [1.29, 1.82) is 0 Å². The van der Waals surface area contributed by atoms with E-state index in [2.05, 4.69) is 69.8 Å². The Kier molecular flexibility index (Phi) is 5.05. The van der Waals surface area contributed by atoms with Gasteiger partial charge in [-0.15, -0.1) is 15.3 Å². The molecular formula is C18H24N6. The molecule has 0 fully saturated rings. The zero-order chi connectivity index (χ0) is 16.9. The van der Waals surface area contributed by atoms with E-state index < -0.39 is 0 Å². The summed E-state index contributed by atoms with van der Waals surface area (Å²) < 4.78 is 1.76. The van der Waals surface area contributed by atoms with E-state index in [1.54, 1.807) is 4.52 Å². The minimum atomic E-state index is 0.484. The molecule has 3 rings (SSSR count). The Morgan fingerprint density at radius 2 is 1.92 bits per heavy atom. The van der Waals surface area contributed by atoms with Gasteiger partial charge in [0.05, 0.1) is 0 Å². The number of anilines is 1. The van der Waals surface area contributed by atoms with Crippen molar-refractivity contribution in [3.63, 3.8) is 0 Å². The summed E-state index contributed by atoms with van der Waals surface area (Å²) in [5.41, 5.74) is 2.11. The van der Waals surface area contributed by atoms with Crippen LogP contribution in [0, 0.1) is 6.92 Å². The maximum Gasteiger partial charge on any atom is 0.178 e. The maximum atomic E-state index is 4.51. The standard InChI is InChI=1S/C18H24N6/c1-14(23(3)13-16-7-5-4-6-8-16)11-12-19-17-9-10-18-21-20-15(2)24(18)22-17/h4-10,14H,11-13H2,1-3H3,(H,19,22). The molecular weight excluding hydrogens is 300 g/mol. The van der Waals surface area contributed by atoms with Crippen LogP contribution in [0.5, 0.6) is 0 Å². The Morgan fingerprint density at radius 3 is 2.71 bits per heavy atom. The van der Waals surface area contributed by atoms with E-state index in [0.717, 1.165) is 36.8 Å². The highest BCUT2D eigenvalue weighted by Gasteiger charge is 2.10. The summed E-state index contributed by atoms with van der Waals surface area (Å²) >= 11 is 0. The van der Waals surface area contributed by atoms with Gasteiger partial charge in [0.15, 0.2) is 11.5 Å². The highest BCUT2D eigenvalue weighted by Crippen LogP contribution is 2.10. The Labute approximate surface area is 142 Å². The normalized spacial score (nSPS) is 12.7. The molecule has 2 heterocycles. The van der Waals surface area contributed by atoms with Crippen molar-refractivity contribution in [1.82, 2.24) is 24.7 Å². The van der Waals surface area contributed by atoms with Crippen molar-refractivity contribution < 1.29 is 0 Å². The van der Waals surface area contributed by atoms with Gasteiger partial charge in [0.25, 0.3) is 0 Å². The summed E-state index contributed by atoms with van der Waals surface area (Å²) in [6, 6.07) is 14.9. The minimum Gasteiger partial charge on any atom is -0.369 e. The lowest BCUT2D eigenvalue weighted by atomic mass is 10.1.